The predicted molar refractivity (Wildman–Crippen MR) is 52.8 cm³/mol. The number of nitriles is 4. The molecule has 0 aromatic carbocycles. The Labute approximate surface area is 89.5 Å². The molecule has 1 N–H and O–H groups in total. The van der Waals surface area contributed by atoms with E-state index >= 15 is 0 Å². The number of nitrogens with one attached hydrogen (secondary N) is 1. The monoisotopic (exact) mass is 204 g/mol. The quantitative estimate of drug-likeness (QED) is 0.492. The number of nitrogens with zero attached hydrogens (tertiary/aromatic N) is 5. The molecule has 6 nitrogen and oxygen atoms in total. The van der Waals surface area contributed by atoms with Gasteiger partial charge in [-0.1, -0.05) is 0 Å². The smallest absolute Gasteiger partial charge is 0.0871 e. The molecule has 0 bridgehead atoms. The van der Waals surface area contributed by atoms with Crippen LogP contribution in [0.5, 0.6) is 0 Å². The topological polar surface area (TPSA) is 110 Å². The summed E-state index contributed by atoms with van der Waals surface area (Å²) < 4.78 is 0. The molecule has 0 atom stereocenters. The maximum Gasteiger partial charge on any atom is 0.0871 e. The Kier molecular flexibility index (Phi) is 14.7. The average molecular weight is 204 g/mol. The fraction of sp³-hybridized carbons (Fsp3) is 0.556. The van der Waals surface area contributed by atoms with Crippen molar-refractivity contribution >= 4 is 0 Å². The van der Waals surface area contributed by atoms with Crippen LogP contribution in [0.25, 0.3) is 0 Å². The molecule has 0 fully saturated rings. The number of hydrogen-bond acceptors (Lipinski definition) is 6. The van der Waals surface area contributed by atoms with E-state index in [-0.39, 0.29) is 13.1 Å². The SMILES string of the molecule is CN(CC#N)CC#N.N#CCNCC#N. The molecule has 0 aliphatic carbocycles. The highest BCUT2D eigenvalue weighted by molar-refractivity contribution is 4.81. The molecule has 0 heterocycles. The fourth-order valence-corrected chi connectivity index (χ4v) is 0.472. The molecular weight excluding hydrogens is 192 g/mol. The van der Waals surface area contributed by atoms with E-state index in [9.17, 15) is 0 Å². The van der Waals surface area contributed by atoms with Crippen LogP contribution in [0.3, 0.4) is 0 Å². The summed E-state index contributed by atoms with van der Waals surface area (Å²) in [6, 6.07) is 7.53. The van der Waals surface area contributed by atoms with E-state index in [0.717, 1.165) is 0 Å². The zero-order valence-corrected chi connectivity index (χ0v) is 8.56. The lowest BCUT2D eigenvalue weighted by Crippen LogP contribution is -2.18. The maximum atomic E-state index is 8.06. The Morgan fingerprint density at radius 1 is 0.867 bits per heavy atom. The van der Waals surface area contributed by atoms with Crippen LogP contribution >= 0.6 is 0 Å². The molecular formula is C9H12N6. The van der Waals surface area contributed by atoms with Gasteiger partial charge >= 0.3 is 0 Å². The van der Waals surface area contributed by atoms with Crippen LogP contribution < -0.4 is 5.32 Å². The largest absolute Gasteiger partial charge is 0.292 e. The van der Waals surface area contributed by atoms with Crippen LogP contribution in [0.1, 0.15) is 0 Å². The fourth-order valence-electron chi connectivity index (χ4n) is 0.472. The first-order valence-corrected chi connectivity index (χ1v) is 4.10. The molecule has 15 heavy (non-hydrogen) atoms. The van der Waals surface area contributed by atoms with E-state index < -0.39 is 0 Å². The Balaban J connectivity index is 0. The molecule has 0 radical (unpaired) electrons. The van der Waals surface area contributed by atoms with Crippen LogP contribution in [0.15, 0.2) is 0 Å². The standard InChI is InChI=1S/C5H7N3.C4H5N3/c1-8(4-2-6)5-3-7;5-1-3-7-4-2-6/h4-5H2,1H3;7H,3-4H2. The van der Waals surface area contributed by atoms with Crippen LogP contribution in [0.4, 0.5) is 0 Å². The number of hydrogen-bond donors (Lipinski definition) is 1. The molecule has 0 saturated carbocycles. The Bertz CT molecular complexity index is 267. The summed E-state index contributed by atoms with van der Waals surface area (Å²) >= 11 is 0. The highest BCUT2D eigenvalue weighted by Gasteiger charge is 1.90. The Morgan fingerprint density at radius 3 is 1.53 bits per heavy atom. The van der Waals surface area contributed by atoms with Gasteiger partial charge in [-0.25, -0.2) is 0 Å². The third-order valence-electron chi connectivity index (χ3n) is 1.09. The number of rotatable bonds is 4. The predicted octanol–water partition coefficient (Wildman–Crippen LogP) is -0.411. The van der Waals surface area contributed by atoms with E-state index in [1.54, 1.807) is 11.9 Å². The van der Waals surface area contributed by atoms with E-state index in [4.69, 9.17) is 21.0 Å². The van der Waals surface area contributed by atoms with Crippen molar-refractivity contribution in [1.82, 2.24) is 10.2 Å². The van der Waals surface area contributed by atoms with Crippen molar-refractivity contribution < 1.29 is 0 Å². The van der Waals surface area contributed by atoms with Gasteiger partial charge < -0.3 is 0 Å². The van der Waals surface area contributed by atoms with Gasteiger partial charge in [0.25, 0.3) is 0 Å². The third kappa shape index (κ3) is 18.7. The molecule has 78 valence electrons. The second-order valence-electron chi connectivity index (χ2n) is 2.41. The molecule has 0 rings (SSSR count). The molecule has 0 saturated heterocycles. The lowest BCUT2D eigenvalue weighted by Gasteiger charge is -2.03. The molecule has 0 spiro atoms. The highest BCUT2D eigenvalue weighted by Crippen LogP contribution is 1.74. The summed E-state index contributed by atoms with van der Waals surface area (Å²) in [5.74, 6) is 0. The van der Waals surface area contributed by atoms with Gasteiger partial charge in [-0.05, 0) is 7.05 Å². The van der Waals surface area contributed by atoms with Crippen LogP contribution in [0, 0.1) is 45.3 Å². The van der Waals surface area contributed by atoms with E-state index in [0.29, 0.717) is 13.1 Å². The molecule has 0 aliphatic rings. The molecule has 0 unspecified atom stereocenters. The van der Waals surface area contributed by atoms with Gasteiger partial charge in [0.15, 0.2) is 0 Å². The summed E-state index contributed by atoms with van der Waals surface area (Å²) in [5.41, 5.74) is 0. The minimum atomic E-state index is 0.258. The minimum absolute atomic E-state index is 0.258. The molecule has 0 amide bonds. The van der Waals surface area contributed by atoms with Crippen molar-refractivity contribution in [2.45, 2.75) is 0 Å². The van der Waals surface area contributed by atoms with Gasteiger partial charge in [-0.2, -0.15) is 21.0 Å². The second kappa shape index (κ2) is 14.4. The third-order valence-corrected chi connectivity index (χ3v) is 1.09. The molecule has 0 aliphatic heterocycles. The van der Waals surface area contributed by atoms with Gasteiger partial charge in [0.05, 0.1) is 50.5 Å². The lowest BCUT2D eigenvalue weighted by atomic mass is 10.6. The van der Waals surface area contributed by atoms with Gasteiger partial charge in [0, 0.05) is 0 Å². The summed E-state index contributed by atoms with van der Waals surface area (Å²) in [5, 5.41) is 34.4. The van der Waals surface area contributed by atoms with Gasteiger partial charge in [0.1, 0.15) is 0 Å². The van der Waals surface area contributed by atoms with E-state index in [1.165, 1.54) is 0 Å². The second-order valence-corrected chi connectivity index (χ2v) is 2.41. The minimum Gasteiger partial charge on any atom is -0.292 e. The first kappa shape index (κ1) is 15.4. The summed E-state index contributed by atoms with van der Waals surface area (Å²) in [7, 11) is 1.73. The first-order valence-electron chi connectivity index (χ1n) is 4.10. The summed E-state index contributed by atoms with van der Waals surface area (Å²) in [6.07, 6.45) is 0. The molecule has 0 aromatic heterocycles. The highest BCUT2D eigenvalue weighted by atomic mass is 15.1. The van der Waals surface area contributed by atoms with Crippen LogP contribution in [-0.2, 0) is 0 Å². The van der Waals surface area contributed by atoms with Gasteiger partial charge in [-0.15, -0.1) is 0 Å². The van der Waals surface area contributed by atoms with Crippen LogP contribution in [0.2, 0.25) is 0 Å². The van der Waals surface area contributed by atoms with E-state index in [2.05, 4.69) is 5.32 Å². The zero-order valence-electron chi connectivity index (χ0n) is 8.56. The van der Waals surface area contributed by atoms with Crippen LogP contribution in [-0.4, -0.2) is 38.1 Å². The van der Waals surface area contributed by atoms with Crippen molar-refractivity contribution in [2.75, 3.05) is 33.2 Å². The summed E-state index contributed by atoms with van der Waals surface area (Å²) in [6.45, 7) is 1.17. The van der Waals surface area contributed by atoms with Gasteiger partial charge in [-0.3, -0.25) is 10.2 Å². The molecule has 6 heteroatoms. The van der Waals surface area contributed by atoms with Crippen molar-refractivity contribution in [3.05, 3.63) is 0 Å². The van der Waals surface area contributed by atoms with Gasteiger partial charge in [0.2, 0.25) is 0 Å². The summed E-state index contributed by atoms with van der Waals surface area (Å²) in [4.78, 5) is 1.64. The lowest BCUT2D eigenvalue weighted by molar-refractivity contribution is 0.422. The average Bonchev–Trinajstić information content (AvgIpc) is 2.20. The Hall–Kier alpha value is -2.12. The van der Waals surface area contributed by atoms with Crippen molar-refractivity contribution in [3.8, 4) is 24.3 Å². The maximum absolute atomic E-state index is 8.06. The normalized spacial score (nSPS) is 7.33. The van der Waals surface area contributed by atoms with Crippen molar-refractivity contribution in [1.29, 1.82) is 21.0 Å². The Morgan fingerprint density at radius 2 is 1.27 bits per heavy atom. The zero-order chi connectivity index (χ0) is 11.9. The molecule has 0 aromatic rings. The van der Waals surface area contributed by atoms with Crippen molar-refractivity contribution in [3.63, 3.8) is 0 Å². The first-order chi connectivity index (χ1) is 7.22. The van der Waals surface area contributed by atoms with Crippen molar-refractivity contribution in [2.24, 2.45) is 0 Å². The van der Waals surface area contributed by atoms with E-state index in [1.807, 2.05) is 24.3 Å².